The highest BCUT2D eigenvalue weighted by atomic mass is 19.4. The van der Waals surface area contributed by atoms with Gasteiger partial charge in [-0.05, 0) is 31.5 Å². The number of nitrogens with one attached hydrogen (secondary N) is 1. The van der Waals surface area contributed by atoms with E-state index in [1.54, 1.807) is 0 Å². The second-order valence-corrected chi connectivity index (χ2v) is 7.19. The lowest BCUT2D eigenvalue weighted by molar-refractivity contribution is -0.376. The van der Waals surface area contributed by atoms with Gasteiger partial charge in [-0.2, -0.15) is 26.3 Å². The normalized spacial score (nSPS) is 30.6. The number of aliphatic hydroxyl groups is 2. The Balaban J connectivity index is 2.95. The predicted molar refractivity (Wildman–Crippen MR) is 94.5 cm³/mol. The summed E-state index contributed by atoms with van der Waals surface area (Å²) in [5, 5.41) is 21.6. The zero-order chi connectivity index (χ0) is 25.4. The van der Waals surface area contributed by atoms with Crippen molar-refractivity contribution >= 4 is 11.9 Å². The molecule has 0 amide bonds. The molecule has 2 rings (SSSR count). The monoisotopic (exact) mass is 491 g/mol. The first-order valence-electron chi connectivity index (χ1n) is 9.51. The summed E-state index contributed by atoms with van der Waals surface area (Å²) in [6, 6.07) is 2.75. The van der Waals surface area contributed by atoms with Crippen molar-refractivity contribution in [2.24, 2.45) is 11.8 Å². The first kappa shape index (κ1) is 26.8. The molecule has 14 heteroatoms. The maximum atomic E-state index is 14.0. The number of hydrogen-bond donors (Lipinski definition) is 3. The molecule has 3 N–H and O–H groups in total. The van der Waals surface area contributed by atoms with Gasteiger partial charge in [-0.15, -0.1) is 0 Å². The second kappa shape index (κ2) is 9.06. The third-order valence-corrected chi connectivity index (χ3v) is 5.20. The molecular formula is C19H20F7NO6. The number of hydrogen-bond acceptors (Lipinski definition) is 7. The molecule has 1 fully saturated rings. The third-order valence-electron chi connectivity index (χ3n) is 5.20. The van der Waals surface area contributed by atoms with Crippen molar-refractivity contribution < 1.29 is 60.0 Å². The summed E-state index contributed by atoms with van der Waals surface area (Å²) < 4.78 is 106. The minimum absolute atomic E-state index is 0.535. The number of benzene rings is 1. The molecular weight excluding hydrogens is 471 g/mol. The fourth-order valence-electron chi connectivity index (χ4n) is 3.82. The van der Waals surface area contributed by atoms with Crippen LogP contribution in [-0.2, 0) is 19.1 Å². The molecule has 5 atom stereocenters. The van der Waals surface area contributed by atoms with Crippen molar-refractivity contribution in [1.29, 1.82) is 0 Å². The van der Waals surface area contributed by atoms with Gasteiger partial charge in [-0.3, -0.25) is 9.59 Å². The fraction of sp³-hybridized carbons (Fsp3) is 0.579. The van der Waals surface area contributed by atoms with Gasteiger partial charge < -0.3 is 19.7 Å². The van der Waals surface area contributed by atoms with Crippen LogP contribution in [0.1, 0.15) is 25.3 Å². The first-order chi connectivity index (χ1) is 15.0. The van der Waals surface area contributed by atoms with E-state index in [1.165, 1.54) is 13.8 Å². The van der Waals surface area contributed by atoms with E-state index in [0.29, 0.717) is 17.4 Å². The van der Waals surface area contributed by atoms with Crippen molar-refractivity contribution in [2.75, 3.05) is 13.2 Å². The van der Waals surface area contributed by atoms with Gasteiger partial charge in [0, 0.05) is 5.92 Å². The van der Waals surface area contributed by atoms with Crippen LogP contribution in [0.5, 0.6) is 0 Å². The Kier molecular flexibility index (Phi) is 7.36. The van der Waals surface area contributed by atoms with Gasteiger partial charge in [0.1, 0.15) is 17.7 Å². The minimum Gasteiger partial charge on any atom is -0.466 e. The summed E-state index contributed by atoms with van der Waals surface area (Å²) in [6.45, 7) is 1.30. The average Bonchev–Trinajstić information content (AvgIpc) is 2.66. The van der Waals surface area contributed by atoms with Crippen LogP contribution in [0.25, 0.3) is 0 Å². The highest BCUT2D eigenvalue weighted by Gasteiger charge is 2.78. The maximum Gasteiger partial charge on any atom is 0.432 e. The van der Waals surface area contributed by atoms with E-state index in [2.05, 4.69) is 9.47 Å². The lowest BCUT2D eigenvalue weighted by atomic mass is 9.64. The van der Waals surface area contributed by atoms with Crippen LogP contribution < -0.4 is 5.32 Å². The summed E-state index contributed by atoms with van der Waals surface area (Å²) >= 11 is 0. The molecule has 0 saturated carbocycles. The zero-order valence-corrected chi connectivity index (χ0v) is 17.1. The van der Waals surface area contributed by atoms with E-state index in [9.17, 15) is 50.5 Å². The van der Waals surface area contributed by atoms with Gasteiger partial charge in [0.25, 0.3) is 0 Å². The van der Waals surface area contributed by atoms with E-state index in [0.717, 1.165) is 12.1 Å². The molecule has 186 valence electrons. The van der Waals surface area contributed by atoms with Crippen LogP contribution in [0.2, 0.25) is 0 Å². The van der Waals surface area contributed by atoms with Crippen molar-refractivity contribution in [3.63, 3.8) is 0 Å². The number of carbonyl (C=O) groups excluding carboxylic acids is 2. The molecule has 2 unspecified atom stereocenters. The van der Waals surface area contributed by atoms with Crippen LogP contribution in [-0.4, -0.2) is 59.2 Å². The standard InChI is InChI=1S/C19H20F7NO6/c1-3-32-14(28)12-11(9-5-7-10(20)8-6-9)13(15(29)33-4-2)17(31,19(24,25)26)27-16(12,30)18(21,22)23/h5-8,11-13,27,30-31H,3-4H2,1-2H3/t11?,12-,13?,16+,17-/m0/s1. The molecule has 1 aliphatic rings. The number of halogens is 7. The summed E-state index contributed by atoms with van der Waals surface area (Å²) in [5.41, 5.74) is -10.0. The molecule has 33 heavy (non-hydrogen) atoms. The molecule has 7 nitrogen and oxygen atoms in total. The van der Waals surface area contributed by atoms with E-state index in [1.807, 2.05) is 0 Å². The van der Waals surface area contributed by atoms with E-state index >= 15 is 0 Å². The predicted octanol–water partition coefficient (Wildman–Crippen LogP) is 2.37. The van der Waals surface area contributed by atoms with Crippen LogP contribution in [0, 0.1) is 17.7 Å². The molecule has 1 aromatic rings. The number of rotatable bonds is 5. The van der Waals surface area contributed by atoms with E-state index in [-0.39, 0.29) is 0 Å². The van der Waals surface area contributed by atoms with Crippen LogP contribution >= 0.6 is 0 Å². The van der Waals surface area contributed by atoms with Gasteiger partial charge in [0.2, 0.25) is 11.4 Å². The van der Waals surface area contributed by atoms with Crippen LogP contribution in [0.15, 0.2) is 24.3 Å². The van der Waals surface area contributed by atoms with Crippen molar-refractivity contribution in [2.45, 2.75) is 43.6 Å². The molecule has 0 aromatic heterocycles. The lowest BCUT2D eigenvalue weighted by Gasteiger charge is -2.54. The molecule has 0 aliphatic carbocycles. The molecule has 1 aliphatic heterocycles. The largest absolute Gasteiger partial charge is 0.466 e. The van der Waals surface area contributed by atoms with Gasteiger partial charge in [-0.25, -0.2) is 9.71 Å². The third kappa shape index (κ3) is 4.64. The molecule has 1 aromatic carbocycles. The van der Waals surface area contributed by atoms with Gasteiger partial charge in [0.05, 0.1) is 13.2 Å². The van der Waals surface area contributed by atoms with Gasteiger partial charge in [-0.1, -0.05) is 12.1 Å². The zero-order valence-electron chi connectivity index (χ0n) is 17.1. The van der Waals surface area contributed by atoms with Crippen molar-refractivity contribution in [3.05, 3.63) is 35.6 Å². The SMILES string of the molecule is CCOC(=O)C1C(c2ccc(F)cc2)[C@@H](C(=O)OCC)[C@@](O)(C(F)(F)F)N[C@@]1(O)C(F)(F)F. The topological polar surface area (TPSA) is 105 Å². The van der Waals surface area contributed by atoms with Gasteiger partial charge >= 0.3 is 24.3 Å². The summed E-state index contributed by atoms with van der Waals surface area (Å²) in [6.07, 6.45) is -12.0. The summed E-state index contributed by atoms with van der Waals surface area (Å²) in [4.78, 5) is 25.2. The first-order valence-corrected chi connectivity index (χ1v) is 9.51. The Morgan fingerprint density at radius 3 is 1.55 bits per heavy atom. The van der Waals surface area contributed by atoms with Crippen LogP contribution in [0.3, 0.4) is 0 Å². The Labute approximate surface area is 182 Å². The smallest absolute Gasteiger partial charge is 0.432 e. The highest BCUT2D eigenvalue weighted by molar-refractivity contribution is 5.81. The van der Waals surface area contributed by atoms with E-state index < -0.39 is 78.1 Å². The average molecular weight is 491 g/mol. The van der Waals surface area contributed by atoms with Crippen LogP contribution in [0.4, 0.5) is 30.7 Å². The molecule has 0 radical (unpaired) electrons. The number of carbonyl (C=O) groups is 2. The Morgan fingerprint density at radius 1 is 0.879 bits per heavy atom. The molecule has 0 bridgehead atoms. The Bertz CT molecular complexity index is 827. The van der Waals surface area contributed by atoms with Crippen molar-refractivity contribution in [1.82, 2.24) is 5.32 Å². The number of piperidine rings is 1. The number of esters is 2. The number of alkyl halides is 6. The molecule has 0 spiro atoms. The quantitative estimate of drug-likeness (QED) is 0.429. The highest BCUT2D eigenvalue weighted by Crippen LogP contribution is 2.55. The fourth-order valence-corrected chi connectivity index (χ4v) is 3.82. The maximum absolute atomic E-state index is 14.0. The summed E-state index contributed by atoms with van der Waals surface area (Å²) in [7, 11) is 0. The lowest BCUT2D eigenvalue weighted by Crippen LogP contribution is -2.81. The minimum atomic E-state index is -5.98. The summed E-state index contributed by atoms with van der Waals surface area (Å²) in [5.74, 6) is -13.0. The van der Waals surface area contributed by atoms with Gasteiger partial charge in [0.15, 0.2) is 0 Å². The number of ether oxygens (including phenoxy) is 2. The molecule has 1 saturated heterocycles. The van der Waals surface area contributed by atoms with E-state index in [4.69, 9.17) is 0 Å². The Hall–Kier alpha value is -2.45. The Morgan fingerprint density at radius 2 is 1.24 bits per heavy atom. The van der Waals surface area contributed by atoms with Crippen molar-refractivity contribution in [3.8, 4) is 0 Å². The molecule has 1 heterocycles. The second-order valence-electron chi connectivity index (χ2n) is 7.19.